The SMILES string of the molecule is C=CCN(c1nccs1)S(=O)(=O)c1ccc(N2CC[C@@H](O)C2=O)cc1.C=CCN(c1nccs1)S(=O)(=O)c1ccc(N2CC[C@@H](O[Si](c3ccccc3)(c3ccccc3)C(C)(C)C)C2=O)cc1. The maximum atomic E-state index is 13.9. The molecule has 4 aromatic carbocycles. The molecule has 2 atom stereocenters. The maximum absolute atomic E-state index is 13.9. The van der Waals surface area contributed by atoms with Crippen LogP contribution in [0.1, 0.15) is 33.6 Å². The van der Waals surface area contributed by atoms with Crippen molar-refractivity contribution in [2.24, 2.45) is 0 Å². The number of hydrogen-bond donors (Lipinski definition) is 1. The number of sulfonamides is 2. The minimum absolute atomic E-state index is 0.0977. The molecule has 1 N–H and O–H groups in total. The fourth-order valence-corrected chi connectivity index (χ4v) is 17.4. The fraction of sp³-hybridized carbons (Fsp3) is 0.250. The predicted octanol–water partition coefficient (Wildman–Crippen LogP) is 6.83. The second-order valence-corrected chi connectivity index (χ2v) is 26.3. The predicted molar refractivity (Wildman–Crippen MR) is 269 cm³/mol. The number of aromatic nitrogens is 2. The van der Waals surface area contributed by atoms with Crippen molar-refractivity contribution in [2.45, 2.75) is 60.7 Å². The van der Waals surface area contributed by atoms with Gasteiger partial charge in [0.15, 0.2) is 10.3 Å². The molecular weight excluding hydrogens is 945 g/mol. The summed E-state index contributed by atoms with van der Waals surface area (Å²) in [5, 5.41) is 15.7. The molecule has 0 saturated carbocycles. The third-order valence-corrected chi connectivity index (χ3v) is 21.8. The van der Waals surface area contributed by atoms with E-state index in [9.17, 15) is 31.5 Å². The van der Waals surface area contributed by atoms with Gasteiger partial charge in [-0.3, -0.25) is 9.59 Å². The van der Waals surface area contributed by atoms with Crippen LogP contribution in [0.3, 0.4) is 0 Å². The zero-order valence-electron chi connectivity index (χ0n) is 37.3. The van der Waals surface area contributed by atoms with Crippen LogP contribution < -0.4 is 28.8 Å². The molecular formula is C48H52N6O8S4Si. The minimum atomic E-state index is -3.87. The van der Waals surface area contributed by atoms with Gasteiger partial charge in [0.25, 0.3) is 40.2 Å². The standard InChI is InChI=1S/C32H35N3O4S2Si.C16H17N3O4S2/c1-5-22-35(31-33-21-24-40-31)41(37,38)26-18-16-25(17-19-26)34-23-20-29(30(34)36)39-42(32(2,3)4,27-12-8-6-9-13-27)28-14-10-7-11-15-28;1-2-9-19(16-17-8-11-24-16)25(22,23)13-5-3-12(4-6-13)18-10-7-14(20)15(18)21/h5-19,21,24,29H,1,20,22-23H2,2-4H3;2-6,8,11,14,20H,1,7,9-10H2/t29-;14-/m11/s1. The quantitative estimate of drug-likeness (QED) is 0.0802. The molecule has 0 aliphatic carbocycles. The smallest absolute Gasteiger partial charge is 0.266 e. The lowest BCUT2D eigenvalue weighted by Crippen LogP contribution is -2.68. The number of hydrogen-bond acceptors (Lipinski definition) is 12. The van der Waals surface area contributed by atoms with Gasteiger partial charge in [-0.1, -0.05) is 93.6 Å². The van der Waals surface area contributed by atoms with Gasteiger partial charge in [0.05, 0.1) is 22.9 Å². The van der Waals surface area contributed by atoms with Gasteiger partial charge in [-0.05, 0) is 70.4 Å². The van der Waals surface area contributed by atoms with E-state index in [0.717, 1.165) is 10.4 Å². The number of carbonyl (C=O) groups excluding carboxylic acids is 2. The second kappa shape index (κ2) is 20.6. The normalized spacial score (nSPS) is 16.7. The maximum Gasteiger partial charge on any atom is 0.266 e. The lowest BCUT2D eigenvalue weighted by Gasteiger charge is -2.44. The van der Waals surface area contributed by atoms with Crippen LogP contribution >= 0.6 is 22.7 Å². The van der Waals surface area contributed by atoms with Crippen molar-refractivity contribution in [1.29, 1.82) is 0 Å². The van der Waals surface area contributed by atoms with Gasteiger partial charge < -0.3 is 19.3 Å². The average molecular weight is 997 g/mol. The minimum Gasteiger partial charge on any atom is -0.395 e. The Bertz CT molecular complexity index is 2830. The summed E-state index contributed by atoms with van der Waals surface area (Å²) >= 11 is 2.47. The Morgan fingerprint density at radius 3 is 1.46 bits per heavy atom. The van der Waals surface area contributed by atoms with Crippen LogP contribution in [0.15, 0.2) is 167 Å². The van der Waals surface area contributed by atoms with E-state index in [4.69, 9.17) is 4.43 Å². The van der Waals surface area contributed by atoms with Crippen LogP contribution in [-0.2, 0) is 34.1 Å². The van der Waals surface area contributed by atoms with Crippen LogP contribution in [0.25, 0.3) is 0 Å². The van der Waals surface area contributed by atoms with Crippen molar-refractivity contribution >= 4 is 94.9 Å². The van der Waals surface area contributed by atoms with Gasteiger partial charge in [0, 0.05) is 54.0 Å². The molecule has 2 aromatic heterocycles. The van der Waals surface area contributed by atoms with E-state index in [0.29, 0.717) is 47.6 Å². The number of benzene rings is 4. The van der Waals surface area contributed by atoms with Gasteiger partial charge in [-0.25, -0.2) is 35.4 Å². The Kier molecular flexibility index (Phi) is 15.1. The van der Waals surface area contributed by atoms with Crippen molar-refractivity contribution in [3.05, 3.63) is 158 Å². The summed E-state index contributed by atoms with van der Waals surface area (Å²) in [6, 6.07) is 33.0. The fourth-order valence-electron chi connectivity index (χ4n) is 8.17. The third-order valence-electron chi connectivity index (χ3n) is 11.4. The number of amides is 2. The Balaban J connectivity index is 0.000000227. The molecule has 19 heteroatoms. The molecule has 2 aliphatic heterocycles. The number of thiazole rings is 2. The summed E-state index contributed by atoms with van der Waals surface area (Å²) in [5.74, 6) is -0.485. The van der Waals surface area contributed by atoms with Crippen LogP contribution in [-0.4, -0.2) is 90.4 Å². The Hall–Kier alpha value is -5.80. The molecule has 0 bridgehead atoms. The molecule has 14 nitrogen and oxygen atoms in total. The van der Waals surface area contributed by atoms with Crippen molar-refractivity contribution in [2.75, 3.05) is 44.6 Å². The average Bonchev–Trinajstić information content (AvgIpc) is 4.18. The molecule has 6 aromatic rings. The van der Waals surface area contributed by atoms with E-state index >= 15 is 0 Å². The van der Waals surface area contributed by atoms with Crippen LogP contribution in [0.4, 0.5) is 21.6 Å². The molecule has 0 spiro atoms. The van der Waals surface area contributed by atoms with E-state index in [1.807, 2.05) is 36.4 Å². The van der Waals surface area contributed by atoms with Crippen molar-refractivity contribution < 1.29 is 36.0 Å². The topological polar surface area (TPSA) is 171 Å². The number of nitrogens with zero attached hydrogens (tertiary/aromatic N) is 6. The zero-order chi connectivity index (χ0) is 48.0. The van der Waals surface area contributed by atoms with E-state index < -0.39 is 40.6 Å². The molecule has 8 rings (SSSR count). The van der Waals surface area contributed by atoms with Crippen LogP contribution in [0.2, 0.25) is 5.04 Å². The molecule has 4 heterocycles. The highest BCUT2D eigenvalue weighted by atomic mass is 32.2. The van der Waals surface area contributed by atoms with Gasteiger partial charge in [0.2, 0.25) is 0 Å². The monoisotopic (exact) mass is 996 g/mol. The van der Waals surface area contributed by atoms with Gasteiger partial charge in [0.1, 0.15) is 12.2 Å². The van der Waals surface area contributed by atoms with E-state index in [-0.39, 0.29) is 39.7 Å². The first-order valence-electron chi connectivity index (χ1n) is 21.4. The Morgan fingerprint density at radius 2 is 1.10 bits per heavy atom. The molecule has 2 fully saturated rings. The number of aliphatic hydroxyl groups excluding tert-OH is 1. The van der Waals surface area contributed by atoms with E-state index in [2.05, 4.69) is 68.2 Å². The Morgan fingerprint density at radius 1 is 0.687 bits per heavy atom. The molecule has 2 amide bonds. The van der Waals surface area contributed by atoms with E-state index in [1.54, 1.807) is 52.3 Å². The third kappa shape index (κ3) is 10.1. The first-order chi connectivity index (χ1) is 32.0. The van der Waals surface area contributed by atoms with Gasteiger partial charge in [-0.2, -0.15) is 0 Å². The number of carbonyl (C=O) groups is 2. The summed E-state index contributed by atoms with van der Waals surface area (Å²) in [6.07, 6.45) is 5.44. The zero-order valence-corrected chi connectivity index (χ0v) is 41.6. The number of aliphatic hydroxyl groups is 1. The lowest BCUT2D eigenvalue weighted by molar-refractivity contribution is -0.124. The Labute approximate surface area is 401 Å². The highest BCUT2D eigenvalue weighted by Gasteiger charge is 2.53. The number of rotatable bonds is 16. The largest absolute Gasteiger partial charge is 0.395 e. The summed E-state index contributed by atoms with van der Waals surface area (Å²) in [6.45, 7) is 15.0. The van der Waals surface area contributed by atoms with Crippen molar-refractivity contribution in [3.63, 3.8) is 0 Å². The summed E-state index contributed by atoms with van der Waals surface area (Å²) in [5.41, 5.74) is 1.20. The first-order valence-corrected chi connectivity index (χ1v) is 28.0. The highest BCUT2D eigenvalue weighted by molar-refractivity contribution is 7.93. The lowest BCUT2D eigenvalue weighted by atomic mass is 10.2. The molecule has 0 radical (unpaired) electrons. The van der Waals surface area contributed by atoms with Crippen molar-refractivity contribution in [3.8, 4) is 0 Å². The summed E-state index contributed by atoms with van der Waals surface area (Å²) in [7, 11) is -10.6. The van der Waals surface area contributed by atoms with Gasteiger partial charge in [-0.15, -0.1) is 35.8 Å². The highest BCUT2D eigenvalue weighted by Crippen LogP contribution is 2.39. The molecule has 2 saturated heterocycles. The van der Waals surface area contributed by atoms with Crippen LogP contribution in [0.5, 0.6) is 0 Å². The molecule has 0 unspecified atom stereocenters. The van der Waals surface area contributed by atoms with E-state index in [1.165, 1.54) is 72.6 Å². The first kappa shape index (κ1) is 49.1. The summed E-state index contributed by atoms with van der Waals surface area (Å²) in [4.78, 5) is 37.3. The van der Waals surface area contributed by atoms with Gasteiger partial charge >= 0.3 is 0 Å². The van der Waals surface area contributed by atoms with Crippen molar-refractivity contribution in [1.82, 2.24) is 9.97 Å². The molecule has 350 valence electrons. The van der Waals surface area contributed by atoms with Crippen LogP contribution in [0, 0.1) is 0 Å². The second-order valence-electron chi connectivity index (χ2n) is 16.6. The molecule has 2 aliphatic rings. The number of anilines is 4. The molecule has 67 heavy (non-hydrogen) atoms. The summed E-state index contributed by atoms with van der Waals surface area (Å²) < 4.78 is 62.2.